The highest BCUT2D eigenvalue weighted by atomic mass is 16.1. The zero-order valence-electron chi connectivity index (χ0n) is 16.6. The number of aromatic nitrogens is 5. The fraction of sp³-hybridized carbons (Fsp3) is 0.300. The summed E-state index contributed by atoms with van der Waals surface area (Å²) in [6.07, 6.45) is 1.18. The summed E-state index contributed by atoms with van der Waals surface area (Å²) < 4.78 is 1.21. The Kier molecular flexibility index (Phi) is 5.83. The molecule has 0 saturated heterocycles. The molecule has 0 aliphatic carbocycles. The Hall–Kier alpha value is -3.80. The Balaban J connectivity index is 1.99. The maximum atomic E-state index is 12.7. The van der Waals surface area contributed by atoms with Crippen molar-refractivity contribution in [2.45, 2.75) is 40.2 Å². The third-order valence-corrected chi connectivity index (χ3v) is 4.52. The predicted molar refractivity (Wildman–Crippen MR) is 110 cm³/mol. The van der Waals surface area contributed by atoms with E-state index in [-0.39, 0.29) is 29.8 Å². The van der Waals surface area contributed by atoms with Gasteiger partial charge in [0.2, 0.25) is 11.9 Å². The van der Waals surface area contributed by atoms with Crippen molar-refractivity contribution in [3.8, 4) is 6.07 Å². The fourth-order valence-electron chi connectivity index (χ4n) is 3.07. The maximum absolute atomic E-state index is 12.7. The van der Waals surface area contributed by atoms with E-state index < -0.39 is 5.56 Å². The predicted octanol–water partition coefficient (Wildman–Crippen LogP) is 2.11. The highest BCUT2D eigenvalue weighted by Crippen LogP contribution is 2.18. The van der Waals surface area contributed by atoms with Crippen LogP contribution in [-0.2, 0) is 19.4 Å². The molecule has 9 heteroatoms. The molecule has 1 aromatic carbocycles. The molecular formula is C20H22N8O. The highest BCUT2D eigenvalue weighted by Gasteiger charge is 2.16. The Labute approximate surface area is 168 Å². The molecule has 29 heavy (non-hydrogen) atoms. The van der Waals surface area contributed by atoms with Crippen LogP contribution in [0.4, 0.5) is 17.6 Å². The molecule has 3 rings (SSSR count). The zero-order chi connectivity index (χ0) is 21.0. The Morgan fingerprint density at radius 1 is 1.17 bits per heavy atom. The number of benzene rings is 1. The minimum Gasteiger partial charge on any atom is -0.368 e. The Bertz CT molecular complexity index is 1150. The first-order valence-corrected chi connectivity index (χ1v) is 9.32. The average Bonchev–Trinajstić information content (AvgIpc) is 2.70. The van der Waals surface area contributed by atoms with E-state index in [4.69, 9.17) is 5.73 Å². The second kappa shape index (κ2) is 8.48. The van der Waals surface area contributed by atoms with Crippen molar-refractivity contribution in [3.63, 3.8) is 0 Å². The van der Waals surface area contributed by atoms with Gasteiger partial charge < -0.3 is 11.1 Å². The summed E-state index contributed by atoms with van der Waals surface area (Å²) >= 11 is 0. The summed E-state index contributed by atoms with van der Waals surface area (Å²) in [5.74, 6) is 0.579. The lowest BCUT2D eigenvalue weighted by atomic mass is 10.0. The quantitative estimate of drug-likeness (QED) is 0.653. The van der Waals surface area contributed by atoms with E-state index in [0.29, 0.717) is 24.1 Å². The third kappa shape index (κ3) is 4.21. The van der Waals surface area contributed by atoms with Gasteiger partial charge >= 0.3 is 0 Å². The van der Waals surface area contributed by atoms with Gasteiger partial charge in [-0.2, -0.15) is 25.3 Å². The SMILES string of the molecule is CCc1nn(Cc2nc(N)nc(Nc3ccccc3C)n2)c(=O)c(C#N)c1CC. The van der Waals surface area contributed by atoms with Crippen molar-refractivity contribution in [3.05, 3.63) is 62.8 Å². The zero-order valence-corrected chi connectivity index (χ0v) is 16.6. The van der Waals surface area contributed by atoms with Crippen molar-refractivity contribution in [1.29, 1.82) is 5.26 Å². The topological polar surface area (TPSA) is 135 Å². The molecule has 0 saturated carbocycles. The summed E-state index contributed by atoms with van der Waals surface area (Å²) in [7, 11) is 0. The highest BCUT2D eigenvalue weighted by molar-refractivity contribution is 5.58. The molecule has 0 fully saturated rings. The molecule has 0 radical (unpaired) electrons. The minimum absolute atomic E-state index is 0.0142. The van der Waals surface area contributed by atoms with Gasteiger partial charge in [0, 0.05) is 5.69 Å². The average molecular weight is 390 g/mol. The molecule has 0 aliphatic rings. The van der Waals surface area contributed by atoms with Crippen molar-refractivity contribution < 1.29 is 0 Å². The molecular weight excluding hydrogens is 368 g/mol. The maximum Gasteiger partial charge on any atom is 0.285 e. The van der Waals surface area contributed by atoms with Crippen LogP contribution in [-0.4, -0.2) is 24.7 Å². The van der Waals surface area contributed by atoms with Crippen molar-refractivity contribution in [1.82, 2.24) is 24.7 Å². The monoisotopic (exact) mass is 390 g/mol. The van der Waals surface area contributed by atoms with Crippen molar-refractivity contribution >= 4 is 17.6 Å². The molecule has 0 unspecified atom stereocenters. The minimum atomic E-state index is -0.464. The van der Waals surface area contributed by atoms with Crippen molar-refractivity contribution in [2.24, 2.45) is 0 Å². The lowest BCUT2D eigenvalue weighted by Gasteiger charge is -2.12. The van der Waals surface area contributed by atoms with Gasteiger partial charge in [-0.05, 0) is 37.0 Å². The van der Waals surface area contributed by atoms with Gasteiger partial charge in [0.15, 0.2) is 5.82 Å². The van der Waals surface area contributed by atoms with Crippen LogP contribution in [0.25, 0.3) is 0 Å². The van der Waals surface area contributed by atoms with Gasteiger partial charge in [-0.15, -0.1) is 0 Å². The van der Waals surface area contributed by atoms with E-state index in [1.165, 1.54) is 4.68 Å². The number of hydrogen-bond acceptors (Lipinski definition) is 8. The molecule has 0 amide bonds. The van der Waals surface area contributed by atoms with Crippen LogP contribution in [0.1, 0.15) is 42.1 Å². The van der Waals surface area contributed by atoms with Crippen LogP contribution < -0.4 is 16.6 Å². The largest absolute Gasteiger partial charge is 0.368 e. The Morgan fingerprint density at radius 2 is 1.93 bits per heavy atom. The smallest absolute Gasteiger partial charge is 0.285 e. The molecule has 0 aliphatic heterocycles. The van der Waals surface area contributed by atoms with Crippen LogP contribution in [0.15, 0.2) is 29.1 Å². The molecule has 0 bridgehead atoms. The summed E-state index contributed by atoms with van der Waals surface area (Å²) in [4.78, 5) is 25.3. The van der Waals surface area contributed by atoms with E-state index in [1.54, 1.807) is 0 Å². The number of nitrogen functional groups attached to an aromatic ring is 1. The summed E-state index contributed by atoms with van der Waals surface area (Å²) in [6, 6.07) is 9.71. The van der Waals surface area contributed by atoms with Gasteiger partial charge in [0.1, 0.15) is 18.2 Å². The number of nitrogens with one attached hydrogen (secondary N) is 1. The standard InChI is InChI=1S/C20H22N8O/c1-4-13-14(10-21)18(29)28(27-15(13)5-2)11-17-24-19(22)26-20(25-17)23-16-9-7-6-8-12(16)3/h6-9H,4-5,11H2,1-3H3,(H3,22,23,24,25,26). The number of hydrogen-bond donors (Lipinski definition) is 2. The van der Waals surface area contributed by atoms with Crippen LogP contribution >= 0.6 is 0 Å². The first-order valence-electron chi connectivity index (χ1n) is 9.32. The number of nitrogens with zero attached hydrogens (tertiary/aromatic N) is 6. The first-order chi connectivity index (χ1) is 14.0. The molecule has 2 aromatic heterocycles. The van der Waals surface area contributed by atoms with Gasteiger partial charge in [-0.1, -0.05) is 32.0 Å². The molecule has 0 atom stereocenters. The van der Waals surface area contributed by atoms with Crippen LogP contribution in [0.5, 0.6) is 0 Å². The Morgan fingerprint density at radius 3 is 2.59 bits per heavy atom. The summed E-state index contributed by atoms with van der Waals surface area (Å²) in [5.41, 5.74) is 8.75. The summed E-state index contributed by atoms with van der Waals surface area (Å²) in [6.45, 7) is 5.78. The number of nitrogens with two attached hydrogens (primary N) is 1. The second-order valence-electron chi connectivity index (χ2n) is 6.46. The van der Waals surface area contributed by atoms with Crippen LogP contribution in [0.2, 0.25) is 0 Å². The fourth-order valence-corrected chi connectivity index (χ4v) is 3.07. The molecule has 2 heterocycles. The lowest BCUT2D eigenvalue weighted by Crippen LogP contribution is -2.30. The van der Waals surface area contributed by atoms with Gasteiger partial charge in [0.25, 0.3) is 5.56 Å². The lowest BCUT2D eigenvalue weighted by molar-refractivity contribution is 0.591. The third-order valence-electron chi connectivity index (χ3n) is 4.52. The molecule has 3 aromatic rings. The molecule has 148 valence electrons. The molecule has 0 spiro atoms. The van der Waals surface area contributed by atoms with Gasteiger partial charge in [0.05, 0.1) is 5.69 Å². The number of nitriles is 1. The first kappa shape index (κ1) is 19.9. The van der Waals surface area contributed by atoms with E-state index in [2.05, 4.69) is 25.4 Å². The number of rotatable bonds is 6. The van der Waals surface area contributed by atoms with E-state index in [0.717, 1.165) is 11.3 Å². The van der Waals surface area contributed by atoms with E-state index in [1.807, 2.05) is 51.1 Å². The second-order valence-corrected chi connectivity index (χ2v) is 6.46. The van der Waals surface area contributed by atoms with Crippen molar-refractivity contribution in [2.75, 3.05) is 11.1 Å². The molecule has 3 N–H and O–H groups in total. The normalized spacial score (nSPS) is 10.6. The van der Waals surface area contributed by atoms with Crippen LogP contribution in [0.3, 0.4) is 0 Å². The number of para-hydroxylation sites is 1. The van der Waals surface area contributed by atoms with Gasteiger partial charge in [-0.3, -0.25) is 4.79 Å². The number of aryl methyl sites for hydroxylation is 2. The number of anilines is 3. The van der Waals surface area contributed by atoms with Crippen LogP contribution in [0, 0.1) is 18.3 Å². The van der Waals surface area contributed by atoms with E-state index in [9.17, 15) is 10.1 Å². The summed E-state index contributed by atoms with van der Waals surface area (Å²) in [5, 5.41) is 17.0. The van der Waals surface area contributed by atoms with E-state index >= 15 is 0 Å². The molecule has 9 nitrogen and oxygen atoms in total. The van der Waals surface area contributed by atoms with Gasteiger partial charge in [-0.25, -0.2) is 4.68 Å².